The highest BCUT2D eigenvalue weighted by Crippen LogP contribution is 2.11. The topological polar surface area (TPSA) is 101 Å². The molecular weight excluding hydrogens is 432 g/mol. The van der Waals surface area contributed by atoms with E-state index in [1.54, 1.807) is 56.7 Å². The Kier molecular flexibility index (Phi) is 8.69. The maximum atomic E-state index is 12.3. The van der Waals surface area contributed by atoms with Crippen LogP contribution < -0.4 is 20.3 Å². The fourth-order valence-corrected chi connectivity index (χ4v) is 2.80. The lowest BCUT2D eigenvalue weighted by molar-refractivity contribution is -0.116. The summed E-state index contributed by atoms with van der Waals surface area (Å²) in [7, 11) is 3.17. The van der Waals surface area contributed by atoms with Crippen molar-refractivity contribution in [2.75, 3.05) is 14.2 Å². The van der Waals surface area contributed by atoms with Crippen LogP contribution in [0.25, 0.3) is 6.08 Å². The van der Waals surface area contributed by atoms with E-state index in [0.29, 0.717) is 17.1 Å². The highest BCUT2D eigenvalue weighted by Gasteiger charge is 2.03. The minimum absolute atomic E-state index is 0.348. The molecule has 2 amide bonds. The molecule has 2 N–H and O–H groups in total. The lowest BCUT2D eigenvalue weighted by Gasteiger charge is -2.02. The van der Waals surface area contributed by atoms with Crippen molar-refractivity contribution in [1.82, 2.24) is 10.9 Å². The number of hydrogen-bond donors (Lipinski definition) is 2. The fourth-order valence-electron chi connectivity index (χ4n) is 2.80. The number of amides is 2. The van der Waals surface area contributed by atoms with E-state index in [2.05, 4.69) is 21.1 Å². The smallest absolute Gasteiger partial charge is 0.271 e. The molecular formula is C26H24N4O4. The molecule has 0 unspecified atom stereocenters. The number of hydrogen-bond acceptors (Lipinski definition) is 6. The van der Waals surface area contributed by atoms with Gasteiger partial charge in [-0.2, -0.15) is 10.2 Å². The van der Waals surface area contributed by atoms with Crippen molar-refractivity contribution in [2.45, 2.75) is 0 Å². The van der Waals surface area contributed by atoms with Crippen LogP contribution in [-0.2, 0) is 4.79 Å². The van der Waals surface area contributed by atoms with Crippen molar-refractivity contribution in [2.24, 2.45) is 10.2 Å². The predicted octanol–water partition coefficient (Wildman–Crippen LogP) is 3.63. The first-order valence-corrected chi connectivity index (χ1v) is 10.3. The van der Waals surface area contributed by atoms with Crippen LogP contribution in [-0.4, -0.2) is 38.5 Å². The van der Waals surface area contributed by atoms with Crippen LogP contribution in [0.1, 0.15) is 27.0 Å². The van der Waals surface area contributed by atoms with E-state index in [1.807, 2.05) is 36.4 Å². The molecule has 0 fully saturated rings. The van der Waals surface area contributed by atoms with Crippen LogP contribution >= 0.6 is 0 Å². The van der Waals surface area contributed by atoms with Crippen molar-refractivity contribution in [3.63, 3.8) is 0 Å². The van der Waals surface area contributed by atoms with Gasteiger partial charge in [0.05, 0.1) is 26.6 Å². The molecule has 0 aliphatic heterocycles. The lowest BCUT2D eigenvalue weighted by atomic mass is 10.1. The monoisotopic (exact) mass is 456 g/mol. The molecule has 8 heteroatoms. The molecule has 0 aromatic heterocycles. The largest absolute Gasteiger partial charge is 0.497 e. The standard InChI is InChI=1S/C26H24N4O4/c1-33-23-7-3-5-20(15-23)17-27-29-25(31)14-11-19-9-12-22(13-10-19)26(32)30-28-18-21-6-4-8-24(16-21)34-2/h3-18H,1-2H3,(H,29,31)(H,30,32)/b14-11+,27-17+,28-18+. The molecule has 0 aliphatic rings. The summed E-state index contributed by atoms with van der Waals surface area (Å²) in [5.41, 5.74) is 7.69. The predicted molar refractivity (Wildman–Crippen MR) is 132 cm³/mol. The summed E-state index contributed by atoms with van der Waals surface area (Å²) >= 11 is 0. The zero-order valence-electron chi connectivity index (χ0n) is 18.8. The van der Waals surface area contributed by atoms with Crippen molar-refractivity contribution >= 4 is 30.3 Å². The average molecular weight is 457 g/mol. The zero-order chi connectivity index (χ0) is 24.2. The Hall–Kier alpha value is -4.72. The second-order valence-corrected chi connectivity index (χ2v) is 6.94. The Bertz CT molecular complexity index is 1220. The van der Waals surface area contributed by atoms with E-state index in [4.69, 9.17) is 9.47 Å². The van der Waals surface area contributed by atoms with Gasteiger partial charge in [0.1, 0.15) is 11.5 Å². The van der Waals surface area contributed by atoms with E-state index in [9.17, 15) is 9.59 Å². The number of hydrazone groups is 2. The lowest BCUT2D eigenvalue weighted by Crippen LogP contribution is -2.17. The van der Waals surface area contributed by atoms with Crippen molar-refractivity contribution in [3.05, 3.63) is 101 Å². The van der Waals surface area contributed by atoms with Gasteiger partial charge in [0.25, 0.3) is 11.8 Å². The van der Waals surface area contributed by atoms with E-state index in [1.165, 1.54) is 18.5 Å². The number of carbonyl (C=O) groups excluding carboxylic acids is 2. The van der Waals surface area contributed by atoms with Gasteiger partial charge in [0.15, 0.2) is 0 Å². The summed E-state index contributed by atoms with van der Waals surface area (Å²) in [6, 6.07) is 21.4. The van der Waals surface area contributed by atoms with Gasteiger partial charge in [-0.15, -0.1) is 0 Å². The van der Waals surface area contributed by atoms with E-state index in [-0.39, 0.29) is 11.8 Å². The summed E-state index contributed by atoms with van der Waals surface area (Å²) < 4.78 is 10.3. The molecule has 3 aromatic rings. The van der Waals surface area contributed by atoms with Crippen LogP contribution in [0.4, 0.5) is 0 Å². The minimum Gasteiger partial charge on any atom is -0.497 e. The fraction of sp³-hybridized carbons (Fsp3) is 0.0769. The maximum Gasteiger partial charge on any atom is 0.271 e. The number of nitrogens with zero attached hydrogens (tertiary/aromatic N) is 2. The molecule has 34 heavy (non-hydrogen) atoms. The van der Waals surface area contributed by atoms with Gasteiger partial charge in [-0.25, -0.2) is 10.9 Å². The van der Waals surface area contributed by atoms with Crippen LogP contribution in [0, 0.1) is 0 Å². The van der Waals surface area contributed by atoms with Gasteiger partial charge >= 0.3 is 0 Å². The Morgan fingerprint density at radius 1 is 0.735 bits per heavy atom. The summed E-state index contributed by atoms with van der Waals surface area (Å²) in [6.07, 6.45) is 6.04. The molecule has 3 aromatic carbocycles. The third kappa shape index (κ3) is 7.45. The number of carbonyl (C=O) groups is 2. The van der Waals surface area contributed by atoms with E-state index in [0.717, 1.165) is 16.7 Å². The summed E-state index contributed by atoms with van der Waals surface area (Å²) in [6.45, 7) is 0. The van der Waals surface area contributed by atoms with Gasteiger partial charge in [-0.1, -0.05) is 36.4 Å². The number of benzene rings is 3. The number of nitrogens with one attached hydrogen (secondary N) is 2. The first-order valence-electron chi connectivity index (χ1n) is 10.3. The molecule has 3 rings (SSSR count). The summed E-state index contributed by atoms with van der Waals surface area (Å²) in [5.74, 6) is 0.680. The summed E-state index contributed by atoms with van der Waals surface area (Å²) in [5, 5.41) is 7.89. The van der Waals surface area contributed by atoms with Crippen LogP contribution in [0.15, 0.2) is 89.1 Å². The Morgan fingerprint density at radius 3 is 1.85 bits per heavy atom. The molecule has 0 saturated carbocycles. The molecule has 8 nitrogen and oxygen atoms in total. The van der Waals surface area contributed by atoms with Gasteiger partial charge in [-0.3, -0.25) is 9.59 Å². The van der Waals surface area contributed by atoms with Gasteiger partial charge in [0.2, 0.25) is 0 Å². The quantitative estimate of drug-likeness (QED) is 0.292. The van der Waals surface area contributed by atoms with Crippen molar-refractivity contribution < 1.29 is 19.1 Å². The second kappa shape index (κ2) is 12.4. The SMILES string of the molecule is COc1cccc(/C=N/NC(=O)/C=C/c2ccc(C(=O)N/N=C/c3cccc(OC)c3)cc2)c1. The highest BCUT2D eigenvalue weighted by molar-refractivity contribution is 5.95. The first kappa shape index (κ1) is 23.9. The molecule has 0 bridgehead atoms. The van der Waals surface area contributed by atoms with Gasteiger partial charge in [0, 0.05) is 11.6 Å². The third-order valence-corrected chi connectivity index (χ3v) is 4.56. The second-order valence-electron chi connectivity index (χ2n) is 6.94. The normalized spacial score (nSPS) is 11.1. The highest BCUT2D eigenvalue weighted by atomic mass is 16.5. The minimum atomic E-state index is -0.382. The van der Waals surface area contributed by atoms with Gasteiger partial charge < -0.3 is 9.47 Å². The average Bonchev–Trinajstić information content (AvgIpc) is 2.88. The Labute approximate surface area is 197 Å². The zero-order valence-corrected chi connectivity index (χ0v) is 18.8. The molecule has 0 saturated heterocycles. The van der Waals surface area contributed by atoms with Gasteiger partial charge in [-0.05, 0) is 59.2 Å². The number of ether oxygens (including phenoxy) is 2. The first-order chi connectivity index (χ1) is 16.6. The Morgan fingerprint density at radius 2 is 1.29 bits per heavy atom. The maximum absolute atomic E-state index is 12.3. The Balaban J connectivity index is 1.49. The molecule has 172 valence electrons. The van der Waals surface area contributed by atoms with Crippen LogP contribution in [0.3, 0.4) is 0 Å². The van der Waals surface area contributed by atoms with Crippen LogP contribution in [0.2, 0.25) is 0 Å². The molecule has 0 radical (unpaired) electrons. The molecule has 0 atom stereocenters. The number of methoxy groups -OCH3 is 2. The van der Waals surface area contributed by atoms with E-state index < -0.39 is 0 Å². The van der Waals surface area contributed by atoms with Crippen molar-refractivity contribution in [1.29, 1.82) is 0 Å². The number of rotatable bonds is 9. The van der Waals surface area contributed by atoms with E-state index >= 15 is 0 Å². The molecule has 0 heterocycles. The summed E-state index contributed by atoms with van der Waals surface area (Å²) in [4.78, 5) is 24.2. The molecule has 0 aliphatic carbocycles. The third-order valence-electron chi connectivity index (χ3n) is 4.56. The van der Waals surface area contributed by atoms with Crippen LogP contribution in [0.5, 0.6) is 11.5 Å². The molecule has 0 spiro atoms. The van der Waals surface area contributed by atoms with Crippen molar-refractivity contribution in [3.8, 4) is 11.5 Å².